The van der Waals surface area contributed by atoms with Crippen LogP contribution in [0.3, 0.4) is 0 Å². The van der Waals surface area contributed by atoms with Crippen LogP contribution >= 0.6 is 23.7 Å². The van der Waals surface area contributed by atoms with Crippen LogP contribution < -0.4 is 9.80 Å². The zero-order valence-corrected chi connectivity index (χ0v) is 21.9. The van der Waals surface area contributed by atoms with E-state index in [1.54, 1.807) is 16.2 Å². The van der Waals surface area contributed by atoms with Gasteiger partial charge in [0.15, 0.2) is 5.13 Å². The number of aromatic nitrogens is 1. The molecular weight excluding hydrogens is 468 g/mol. The van der Waals surface area contributed by atoms with Gasteiger partial charge in [-0.2, -0.15) is 0 Å². The van der Waals surface area contributed by atoms with E-state index < -0.39 is 0 Å². The first-order valence-corrected chi connectivity index (χ1v) is 12.5. The Labute approximate surface area is 212 Å². The number of hydrogen-bond donors (Lipinski definition) is 0. The quantitative estimate of drug-likeness (QED) is 0.433. The average Bonchev–Trinajstić information content (AvgIpc) is 3.44. The summed E-state index contributed by atoms with van der Waals surface area (Å²) in [5.41, 5.74) is 4.15. The largest absolute Gasteiger partial charge is 0.312 e. The number of likely N-dealkylation sites (N-methyl/N-ethyl adjacent to an activating group) is 1. The third-order valence-electron chi connectivity index (χ3n) is 6.65. The maximum atomic E-state index is 13.8. The second kappa shape index (κ2) is 11.3. The van der Waals surface area contributed by atoms with E-state index in [9.17, 15) is 9.59 Å². The summed E-state index contributed by atoms with van der Waals surface area (Å²) in [7, 11) is 0. The maximum Gasteiger partial charge on any atom is 0.234 e. The van der Waals surface area contributed by atoms with Crippen molar-refractivity contribution in [3.8, 4) is 0 Å². The minimum atomic E-state index is -0.371. The van der Waals surface area contributed by atoms with Crippen LogP contribution in [-0.2, 0) is 9.59 Å². The number of carbonyl (C=O) groups excluding carboxylic acids is 2. The molecule has 2 aromatic carbocycles. The van der Waals surface area contributed by atoms with Crippen LogP contribution in [0.4, 0.5) is 10.8 Å². The fraction of sp³-hybridized carbons (Fsp3) is 0.423. The monoisotopic (exact) mass is 500 g/mol. The molecule has 6 nitrogen and oxygen atoms in total. The Morgan fingerprint density at radius 2 is 1.79 bits per heavy atom. The first kappa shape index (κ1) is 26.1. The molecule has 0 aliphatic carbocycles. The highest BCUT2D eigenvalue weighted by Crippen LogP contribution is 2.34. The molecule has 1 aliphatic rings. The minimum absolute atomic E-state index is 0. The summed E-state index contributed by atoms with van der Waals surface area (Å²) in [5.74, 6) is -0.384. The molecule has 3 aromatic rings. The number of carbonyl (C=O) groups is 2. The number of aryl methyl sites for hydroxylation is 2. The molecule has 1 unspecified atom stereocenters. The van der Waals surface area contributed by atoms with Crippen molar-refractivity contribution in [3.63, 3.8) is 0 Å². The zero-order chi connectivity index (χ0) is 23.5. The van der Waals surface area contributed by atoms with Gasteiger partial charge in [0.25, 0.3) is 0 Å². The highest BCUT2D eigenvalue weighted by molar-refractivity contribution is 7.22. The molecule has 0 saturated carbocycles. The molecule has 0 bridgehead atoms. The molecule has 8 heteroatoms. The summed E-state index contributed by atoms with van der Waals surface area (Å²) >= 11 is 1.56. The summed E-state index contributed by atoms with van der Waals surface area (Å²) in [6.07, 6.45) is 0.235. The molecular formula is C26H33ClN4O2S. The lowest BCUT2D eigenvalue weighted by Gasteiger charge is -2.26. The van der Waals surface area contributed by atoms with Gasteiger partial charge in [-0.3, -0.25) is 14.5 Å². The van der Waals surface area contributed by atoms with Gasteiger partial charge in [0.1, 0.15) is 0 Å². The molecule has 4 rings (SSSR count). The van der Waals surface area contributed by atoms with E-state index in [4.69, 9.17) is 4.98 Å². The van der Waals surface area contributed by atoms with Crippen molar-refractivity contribution in [1.82, 2.24) is 9.88 Å². The van der Waals surface area contributed by atoms with Gasteiger partial charge in [-0.05, 0) is 56.3 Å². The van der Waals surface area contributed by atoms with Gasteiger partial charge in [-0.25, -0.2) is 4.98 Å². The van der Waals surface area contributed by atoms with E-state index in [1.807, 2.05) is 35.2 Å². The van der Waals surface area contributed by atoms with Crippen molar-refractivity contribution in [2.75, 3.05) is 42.5 Å². The molecule has 1 fully saturated rings. The van der Waals surface area contributed by atoms with Gasteiger partial charge in [0.2, 0.25) is 11.8 Å². The molecule has 34 heavy (non-hydrogen) atoms. The van der Waals surface area contributed by atoms with Gasteiger partial charge in [-0.1, -0.05) is 49.4 Å². The van der Waals surface area contributed by atoms with Crippen molar-refractivity contribution < 1.29 is 9.59 Å². The lowest BCUT2D eigenvalue weighted by atomic mass is 10.1. The van der Waals surface area contributed by atoms with Crippen LogP contribution in [0, 0.1) is 19.8 Å². The van der Waals surface area contributed by atoms with E-state index in [-0.39, 0.29) is 36.6 Å². The number of fused-ring (bicyclic) bond motifs is 1. The number of nitrogens with zero attached hydrogens (tertiary/aromatic N) is 4. The first-order chi connectivity index (χ1) is 15.9. The molecule has 1 atom stereocenters. The summed E-state index contributed by atoms with van der Waals surface area (Å²) in [6.45, 7) is 12.0. The van der Waals surface area contributed by atoms with Gasteiger partial charge in [0.05, 0.1) is 16.1 Å². The summed E-state index contributed by atoms with van der Waals surface area (Å²) in [6, 6.07) is 13.8. The molecule has 0 radical (unpaired) electrons. The molecule has 0 spiro atoms. The highest BCUT2D eigenvalue weighted by atomic mass is 35.5. The minimum Gasteiger partial charge on any atom is -0.312 e. The number of anilines is 2. The Hall–Kier alpha value is -2.48. The fourth-order valence-corrected chi connectivity index (χ4v) is 5.42. The molecule has 182 valence electrons. The summed E-state index contributed by atoms with van der Waals surface area (Å²) in [5, 5.41) is 0.724. The third-order valence-corrected chi connectivity index (χ3v) is 7.69. The third kappa shape index (κ3) is 5.27. The van der Waals surface area contributed by atoms with Gasteiger partial charge in [-0.15, -0.1) is 12.4 Å². The van der Waals surface area contributed by atoms with E-state index in [2.05, 4.69) is 44.7 Å². The van der Waals surface area contributed by atoms with Crippen LogP contribution in [0.1, 0.15) is 31.4 Å². The molecule has 1 aliphatic heterocycles. The molecule has 1 saturated heterocycles. The van der Waals surface area contributed by atoms with E-state index >= 15 is 0 Å². The Balaban J connectivity index is 0.00000324. The Kier molecular flexibility index (Phi) is 8.68. The fourth-order valence-electron chi connectivity index (χ4n) is 4.36. The topological polar surface area (TPSA) is 56.8 Å². The van der Waals surface area contributed by atoms with Crippen LogP contribution in [0.25, 0.3) is 10.2 Å². The molecule has 1 aromatic heterocycles. The predicted octanol–water partition coefficient (Wildman–Crippen LogP) is 5.06. The second-order valence-corrected chi connectivity index (χ2v) is 9.62. The van der Waals surface area contributed by atoms with Crippen molar-refractivity contribution in [1.29, 1.82) is 0 Å². The van der Waals surface area contributed by atoms with Crippen LogP contribution in [0.15, 0.2) is 42.5 Å². The van der Waals surface area contributed by atoms with Gasteiger partial charge >= 0.3 is 0 Å². The van der Waals surface area contributed by atoms with Crippen LogP contribution in [0.5, 0.6) is 0 Å². The van der Waals surface area contributed by atoms with Crippen LogP contribution in [-0.4, -0.2) is 54.4 Å². The van der Waals surface area contributed by atoms with E-state index in [0.717, 1.165) is 46.2 Å². The Morgan fingerprint density at radius 1 is 1.09 bits per heavy atom. The van der Waals surface area contributed by atoms with Crippen molar-refractivity contribution in [2.24, 2.45) is 5.92 Å². The Morgan fingerprint density at radius 3 is 2.47 bits per heavy atom. The number of hydrogen-bond acceptors (Lipinski definition) is 5. The first-order valence-electron chi connectivity index (χ1n) is 11.7. The number of amides is 2. The lowest BCUT2D eigenvalue weighted by Crippen LogP contribution is -2.42. The number of rotatable bonds is 8. The standard InChI is InChI=1S/C26H32N4O2S.ClH/c1-5-28(6-2)14-15-29(26-27-24-19(4)18(3)12-13-22(24)33-26)25(32)20-16-23(31)30(17-20)21-10-8-7-9-11-21;/h7-13,20H,5-6,14-17H2,1-4H3;1H. The van der Waals surface area contributed by atoms with Crippen LogP contribution in [0.2, 0.25) is 0 Å². The maximum absolute atomic E-state index is 13.8. The van der Waals surface area contributed by atoms with Crippen molar-refractivity contribution in [3.05, 3.63) is 53.6 Å². The highest BCUT2D eigenvalue weighted by Gasteiger charge is 2.38. The summed E-state index contributed by atoms with van der Waals surface area (Å²) < 4.78 is 1.09. The number of thiazole rings is 1. The number of halogens is 1. The Bertz CT molecular complexity index is 1150. The lowest BCUT2D eigenvalue weighted by molar-refractivity contribution is -0.124. The van der Waals surface area contributed by atoms with Gasteiger partial charge in [0, 0.05) is 31.7 Å². The second-order valence-electron chi connectivity index (χ2n) is 8.61. The summed E-state index contributed by atoms with van der Waals surface area (Å²) in [4.78, 5) is 37.3. The number of benzene rings is 2. The van der Waals surface area contributed by atoms with E-state index in [1.165, 1.54) is 5.56 Å². The number of para-hydroxylation sites is 1. The zero-order valence-electron chi connectivity index (χ0n) is 20.3. The molecule has 2 heterocycles. The SMILES string of the molecule is CCN(CC)CCN(C(=O)C1CC(=O)N(c2ccccc2)C1)c1nc2c(C)c(C)ccc2s1.Cl. The molecule has 2 amide bonds. The average molecular weight is 501 g/mol. The van der Waals surface area contributed by atoms with E-state index in [0.29, 0.717) is 13.1 Å². The van der Waals surface area contributed by atoms with Gasteiger partial charge < -0.3 is 9.80 Å². The smallest absolute Gasteiger partial charge is 0.234 e. The van der Waals surface area contributed by atoms with Crippen molar-refractivity contribution in [2.45, 2.75) is 34.1 Å². The predicted molar refractivity (Wildman–Crippen MR) is 143 cm³/mol. The van der Waals surface area contributed by atoms with Crippen molar-refractivity contribution >= 4 is 56.6 Å². The molecule has 0 N–H and O–H groups in total. The normalized spacial score (nSPS) is 15.7.